The predicted molar refractivity (Wildman–Crippen MR) is 232 cm³/mol. The summed E-state index contributed by atoms with van der Waals surface area (Å²) in [4.78, 5) is 25.2. The van der Waals surface area contributed by atoms with Gasteiger partial charge in [-0.2, -0.15) is 0 Å². The summed E-state index contributed by atoms with van der Waals surface area (Å²) < 4.78 is 46.8. The van der Waals surface area contributed by atoms with E-state index in [1.165, 1.54) is 153 Å². The molecule has 57 heavy (non-hydrogen) atoms. The van der Waals surface area contributed by atoms with Crippen LogP contribution in [0.5, 0.6) is 0 Å². The van der Waals surface area contributed by atoms with Crippen LogP contribution in [-0.2, 0) is 19.6 Å². The largest absolute Gasteiger partial charge is 1.00 e. The minimum absolute atomic E-state index is 0. The molecule has 1 rings (SSSR count). The number of carbonyl (C=O) groups is 2. The van der Waals surface area contributed by atoms with E-state index in [0.717, 1.165) is 57.4 Å². The van der Waals surface area contributed by atoms with Crippen LogP contribution in [0.15, 0.2) is 47.4 Å². The molecular formula is C48H81KO7S. The molecule has 7 nitrogen and oxygen atoms in total. The van der Waals surface area contributed by atoms with Gasteiger partial charge in [0.25, 0.3) is 0 Å². The summed E-state index contributed by atoms with van der Waals surface area (Å²) in [5, 5.41) is 0. The zero-order chi connectivity index (χ0) is 40.8. The van der Waals surface area contributed by atoms with Gasteiger partial charge in [-0.3, -0.25) is 0 Å². The third kappa shape index (κ3) is 32.6. The second-order valence-electron chi connectivity index (χ2n) is 15.6. The number of carbonyl (C=O) groups excluding carboxylic acids is 2. The van der Waals surface area contributed by atoms with Gasteiger partial charge in [0.2, 0.25) is 0 Å². The van der Waals surface area contributed by atoms with E-state index in [9.17, 15) is 22.6 Å². The van der Waals surface area contributed by atoms with Crippen LogP contribution in [0.1, 0.15) is 240 Å². The number of allylic oxidation sites excluding steroid dienone is 4. The van der Waals surface area contributed by atoms with Crippen LogP contribution in [0.25, 0.3) is 0 Å². The van der Waals surface area contributed by atoms with Gasteiger partial charge in [-0.25, -0.2) is 18.0 Å². The molecule has 0 radical (unpaired) electrons. The Balaban J connectivity index is 0.0000314. The van der Waals surface area contributed by atoms with Crippen LogP contribution in [0, 0.1) is 0 Å². The number of benzene rings is 1. The molecule has 0 saturated heterocycles. The Morgan fingerprint density at radius 2 is 0.807 bits per heavy atom. The van der Waals surface area contributed by atoms with Gasteiger partial charge in [0.1, 0.15) is 10.1 Å². The van der Waals surface area contributed by atoms with Crippen molar-refractivity contribution >= 4 is 22.1 Å². The van der Waals surface area contributed by atoms with E-state index >= 15 is 0 Å². The number of hydrogen-bond acceptors (Lipinski definition) is 7. The van der Waals surface area contributed by atoms with Gasteiger partial charge in [0, 0.05) is 0 Å². The number of ether oxygens (including phenoxy) is 2. The molecule has 1 aromatic rings. The molecule has 0 aromatic heterocycles. The first-order valence-corrected chi connectivity index (χ1v) is 24.5. The molecule has 0 saturated carbocycles. The van der Waals surface area contributed by atoms with Gasteiger partial charge >= 0.3 is 63.3 Å². The van der Waals surface area contributed by atoms with Crippen LogP contribution >= 0.6 is 0 Å². The standard InChI is InChI=1S/C48H82O7S.K/c1-3-5-7-9-11-13-15-17-19-21-23-25-27-29-31-33-35-37-42-54-47(49)44-40-39-41-45(56(51,52)53)46(44)48(50)55-43-38-36-34-32-30-28-26-24-22-20-18-16-14-12-10-8-6-4-2;/h5-8,39-41H,3-4,9-38,42-43H2,1-2H3,(H,51,52,53);/q;+1/p-1/b7-5+,8-6+;. The average Bonchev–Trinajstić information content (AvgIpc) is 3.18. The van der Waals surface area contributed by atoms with Crippen LogP contribution in [0.2, 0.25) is 0 Å². The summed E-state index contributed by atoms with van der Waals surface area (Å²) in [6.45, 7) is 4.61. The zero-order valence-corrected chi connectivity index (χ0v) is 40.8. The third-order valence-electron chi connectivity index (χ3n) is 10.5. The first-order chi connectivity index (χ1) is 27.3. The van der Waals surface area contributed by atoms with Crippen molar-refractivity contribution in [1.29, 1.82) is 0 Å². The Bertz CT molecular complexity index is 1280. The Hall–Kier alpha value is -0.814. The number of unbranched alkanes of at least 4 members (excludes halogenated alkanes) is 28. The zero-order valence-electron chi connectivity index (χ0n) is 36.8. The normalized spacial score (nSPS) is 11.7. The van der Waals surface area contributed by atoms with Crippen molar-refractivity contribution in [3.05, 3.63) is 53.6 Å². The van der Waals surface area contributed by atoms with Crippen molar-refractivity contribution in [3.63, 3.8) is 0 Å². The van der Waals surface area contributed by atoms with Gasteiger partial charge in [0.15, 0.2) is 0 Å². The van der Waals surface area contributed by atoms with E-state index in [1.807, 2.05) is 0 Å². The molecule has 0 amide bonds. The molecule has 9 heteroatoms. The molecule has 0 aliphatic heterocycles. The van der Waals surface area contributed by atoms with Crippen molar-refractivity contribution in [2.75, 3.05) is 13.2 Å². The first-order valence-electron chi connectivity index (χ1n) is 23.1. The Kier molecular flexibility index (Phi) is 40.0. The summed E-state index contributed by atoms with van der Waals surface area (Å²) in [5.41, 5.74) is -0.773. The summed E-state index contributed by atoms with van der Waals surface area (Å²) in [6, 6.07) is 3.64. The van der Waals surface area contributed by atoms with E-state index in [0.29, 0.717) is 12.8 Å². The van der Waals surface area contributed by atoms with Crippen molar-refractivity contribution in [2.24, 2.45) is 0 Å². The number of esters is 2. The van der Waals surface area contributed by atoms with Gasteiger partial charge in [-0.05, 0) is 63.5 Å². The molecule has 322 valence electrons. The fourth-order valence-corrected chi connectivity index (χ4v) is 7.83. The van der Waals surface area contributed by atoms with E-state index in [4.69, 9.17) is 9.47 Å². The molecule has 0 aliphatic carbocycles. The molecule has 0 N–H and O–H groups in total. The average molecular weight is 841 g/mol. The van der Waals surface area contributed by atoms with Crippen LogP contribution in [0.4, 0.5) is 0 Å². The summed E-state index contributed by atoms with van der Waals surface area (Å²) in [7, 11) is -5.02. The maximum atomic E-state index is 13.0. The molecule has 1 aromatic carbocycles. The second kappa shape index (κ2) is 40.6. The van der Waals surface area contributed by atoms with Crippen molar-refractivity contribution in [3.8, 4) is 0 Å². The topological polar surface area (TPSA) is 110 Å². The van der Waals surface area contributed by atoms with Crippen LogP contribution in [0.3, 0.4) is 0 Å². The molecular weight excluding hydrogens is 760 g/mol. The van der Waals surface area contributed by atoms with Crippen LogP contribution in [-0.4, -0.2) is 38.1 Å². The molecule has 0 spiro atoms. The molecule has 0 fully saturated rings. The van der Waals surface area contributed by atoms with E-state index in [1.54, 1.807) is 0 Å². The summed E-state index contributed by atoms with van der Waals surface area (Å²) in [6.07, 6.45) is 47.6. The summed E-state index contributed by atoms with van der Waals surface area (Å²) in [5.74, 6) is -1.81. The number of rotatable bonds is 39. The Labute approximate surface area is 392 Å². The van der Waals surface area contributed by atoms with E-state index < -0.39 is 32.5 Å². The minimum atomic E-state index is -5.02. The second-order valence-corrected chi connectivity index (χ2v) is 17.0. The Morgan fingerprint density at radius 3 is 1.14 bits per heavy atom. The van der Waals surface area contributed by atoms with Gasteiger partial charge in [0.05, 0.1) is 29.2 Å². The van der Waals surface area contributed by atoms with E-state index in [2.05, 4.69) is 38.2 Å². The van der Waals surface area contributed by atoms with Crippen molar-refractivity contribution in [1.82, 2.24) is 0 Å². The molecule has 0 unspecified atom stereocenters. The minimum Gasteiger partial charge on any atom is -0.744 e. The SMILES string of the molecule is CC/C=C/CCCCCCCCCCCCCCCCOC(=O)c1cccc(S(=O)(=O)[O-])c1C(=O)OCCCCCCCCCCCCCCCC/C=C/CC.[K+]. The van der Waals surface area contributed by atoms with Gasteiger partial charge in [-0.15, -0.1) is 0 Å². The monoisotopic (exact) mass is 841 g/mol. The Morgan fingerprint density at radius 1 is 0.491 bits per heavy atom. The first kappa shape index (κ1) is 56.2. The van der Waals surface area contributed by atoms with Crippen LogP contribution < -0.4 is 51.4 Å². The molecule has 0 aliphatic rings. The van der Waals surface area contributed by atoms with Crippen molar-refractivity contribution < 1.29 is 83.4 Å². The van der Waals surface area contributed by atoms with E-state index in [-0.39, 0.29) is 70.2 Å². The predicted octanol–water partition coefficient (Wildman–Crippen LogP) is 11.5. The maximum absolute atomic E-state index is 13.0. The van der Waals surface area contributed by atoms with Crippen molar-refractivity contribution in [2.45, 2.75) is 224 Å². The molecule has 0 bridgehead atoms. The fourth-order valence-electron chi connectivity index (χ4n) is 7.14. The third-order valence-corrected chi connectivity index (χ3v) is 11.4. The smallest absolute Gasteiger partial charge is 0.744 e. The number of hydrogen-bond donors (Lipinski definition) is 0. The maximum Gasteiger partial charge on any atom is 1.00 e. The quantitative estimate of drug-likeness (QED) is 0.0213. The fraction of sp³-hybridized carbons (Fsp3) is 0.750. The van der Waals surface area contributed by atoms with Gasteiger partial charge in [-0.1, -0.05) is 198 Å². The molecule has 0 atom stereocenters. The summed E-state index contributed by atoms with van der Waals surface area (Å²) >= 11 is 0. The van der Waals surface area contributed by atoms with Gasteiger partial charge < -0.3 is 14.0 Å². The molecule has 0 heterocycles.